The molecule has 2 aliphatic carbocycles. The van der Waals surface area contributed by atoms with Gasteiger partial charge in [0, 0.05) is 55.0 Å². The number of carbonyl (C=O) groups excluding carboxylic acids is 3. The predicted octanol–water partition coefficient (Wildman–Crippen LogP) is 7.24. The molecule has 368 valence electrons. The van der Waals surface area contributed by atoms with Gasteiger partial charge in [-0.2, -0.15) is 4.31 Å². The fourth-order valence-corrected chi connectivity index (χ4v) is 13.4. The molecule has 2 saturated carbocycles. The summed E-state index contributed by atoms with van der Waals surface area (Å²) in [7, 11) is -0.703. The Hall–Kier alpha value is -5.05. The van der Waals surface area contributed by atoms with Crippen LogP contribution in [0.3, 0.4) is 0 Å². The van der Waals surface area contributed by atoms with Crippen LogP contribution in [-0.2, 0) is 24.4 Å². The number of benzene rings is 1. The molecule has 4 aromatic rings. The second-order valence-corrected chi connectivity index (χ2v) is 23.2. The maximum Gasteiger partial charge on any atom is 0.329 e. The Morgan fingerprint density at radius 2 is 1.72 bits per heavy atom. The minimum atomic E-state index is -3.80. The number of nitrogens with zero attached hydrogens (tertiary/aromatic N) is 4. The van der Waals surface area contributed by atoms with Gasteiger partial charge in [0.1, 0.15) is 45.1 Å². The number of methoxy groups -OCH3 is 1. The zero-order valence-electron chi connectivity index (χ0n) is 39.2. The van der Waals surface area contributed by atoms with E-state index in [4.69, 9.17) is 19.4 Å². The number of likely N-dealkylation sites (N-methyl/N-ethyl adjacent to an activating group) is 1. The van der Waals surface area contributed by atoms with E-state index < -0.39 is 63.6 Å². The molecule has 1 aromatic carbocycles. The number of hydrogen-bond donors (Lipinski definition) is 5. The van der Waals surface area contributed by atoms with Gasteiger partial charge in [-0.15, -0.1) is 22.7 Å². The largest absolute Gasteiger partial charge is 0.497 e. The highest BCUT2D eigenvalue weighted by molar-refractivity contribution is 7.91. The van der Waals surface area contributed by atoms with Gasteiger partial charge in [0.25, 0.3) is 10.0 Å². The van der Waals surface area contributed by atoms with Gasteiger partial charge >= 0.3 is 12.0 Å². The molecule has 8 rings (SSSR count). The minimum Gasteiger partial charge on any atom is -0.497 e. The highest BCUT2D eigenvalue weighted by Gasteiger charge is 2.62. The topological polar surface area (TPSA) is 221 Å². The summed E-state index contributed by atoms with van der Waals surface area (Å²) in [5.74, 6) is -1.31. The van der Waals surface area contributed by atoms with E-state index in [1.165, 1.54) is 27.6 Å². The van der Waals surface area contributed by atoms with Crippen LogP contribution in [0.5, 0.6) is 11.5 Å². The number of rotatable bonds is 14. The van der Waals surface area contributed by atoms with Gasteiger partial charge in [-0.25, -0.2) is 28.0 Å². The molecule has 0 bridgehead atoms. The van der Waals surface area contributed by atoms with Crippen molar-refractivity contribution >= 4 is 72.5 Å². The number of hydrogen-bond acceptors (Lipinski definition) is 13. The number of urea groups is 1. The van der Waals surface area contributed by atoms with Crippen molar-refractivity contribution in [3.05, 3.63) is 47.2 Å². The van der Waals surface area contributed by atoms with Crippen molar-refractivity contribution in [2.75, 3.05) is 32.6 Å². The Morgan fingerprint density at radius 3 is 2.44 bits per heavy atom. The van der Waals surface area contributed by atoms with E-state index >= 15 is 4.79 Å². The molecule has 6 atom stereocenters. The van der Waals surface area contributed by atoms with E-state index in [0.717, 1.165) is 74.3 Å². The van der Waals surface area contributed by atoms with Crippen molar-refractivity contribution in [3.63, 3.8) is 0 Å². The maximum atomic E-state index is 15.1. The molecule has 3 aromatic heterocycles. The van der Waals surface area contributed by atoms with Gasteiger partial charge < -0.3 is 40.7 Å². The van der Waals surface area contributed by atoms with Crippen LogP contribution in [0.15, 0.2) is 51.4 Å². The molecular weight excluding hydrogens is 929 g/mol. The lowest BCUT2D eigenvalue weighted by Gasteiger charge is -2.34. The van der Waals surface area contributed by atoms with Gasteiger partial charge in [-0.05, 0) is 81.4 Å². The molecule has 2 unspecified atom stereocenters. The van der Waals surface area contributed by atoms with Crippen LogP contribution in [0.25, 0.3) is 22.3 Å². The summed E-state index contributed by atoms with van der Waals surface area (Å²) in [4.78, 5) is 67.8. The number of anilines is 1. The summed E-state index contributed by atoms with van der Waals surface area (Å²) >= 11 is 2.59. The Kier molecular flexibility index (Phi) is 15.5. The second kappa shape index (κ2) is 21.3. The third-order valence-electron chi connectivity index (χ3n) is 13.9. The number of thiophene rings is 1. The van der Waals surface area contributed by atoms with Crippen LogP contribution >= 0.6 is 22.7 Å². The molecule has 4 aliphatic rings. The SMILES string of the molecule is COc1ccc2c(O[C@@H]3C[C@H]4C(=O)N[C@]5(C(=O)O)CC5CCCCCCC[C@H](NC(=O)NC(CN(C)S(=O)(=O)c5cccs5)C5CCCCC5)C(=O)N4C3)cc(-c3csc(NC(C)C)n3)nc2c1. The third-order valence-corrected chi connectivity index (χ3v) is 17.9. The van der Waals surface area contributed by atoms with E-state index in [2.05, 4.69) is 21.3 Å². The molecule has 17 nitrogen and oxygen atoms in total. The summed E-state index contributed by atoms with van der Waals surface area (Å²) in [6.45, 7) is 4.09. The number of thiazole rings is 1. The van der Waals surface area contributed by atoms with Gasteiger partial charge in [0.15, 0.2) is 5.13 Å². The van der Waals surface area contributed by atoms with Crippen molar-refractivity contribution in [3.8, 4) is 22.9 Å². The van der Waals surface area contributed by atoms with Crippen molar-refractivity contribution < 1.29 is 42.2 Å². The standard InChI is InChI=1S/C48H64N8O9S3/c1-29(2)49-47-53-39(28-67-47)37-24-41(34-20-19-32(64-4)22-36(34)50-37)65-33-23-40-43(57)54-48(45(59)60)25-31(48)16-11-6-5-7-12-17-35(44(58)56(40)26-33)51-46(61)52-38(30-14-9-8-10-15-30)27-55(3)68(62,63)42-18-13-21-66-42/h13,18-22,24,28-31,33,35,38,40H,5-12,14-17,23,25-27H2,1-4H3,(H,49,53)(H,54,57)(H,59,60)(H2,51,52,61)/t31?,33-,35+,38?,40+,48-/m1/s1. The number of pyridine rings is 1. The van der Waals surface area contributed by atoms with E-state index in [-0.39, 0.29) is 41.6 Å². The zero-order chi connectivity index (χ0) is 48.2. The first-order valence-corrected chi connectivity index (χ1v) is 27.2. The number of ether oxygens (including phenoxy) is 2. The Bertz CT molecular complexity index is 2550. The smallest absolute Gasteiger partial charge is 0.329 e. The number of amides is 4. The number of aliphatic carboxylic acids is 1. The van der Waals surface area contributed by atoms with E-state index in [9.17, 15) is 27.9 Å². The quantitative estimate of drug-likeness (QED) is 0.0844. The lowest BCUT2D eigenvalue weighted by molar-refractivity contribution is -0.145. The molecule has 68 heavy (non-hydrogen) atoms. The zero-order valence-corrected chi connectivity index (χ0v) is 41.7. The van der Waals surface area contributed by atoms with Crippen molar-refractivity contribution in [2.45, 2.75) is 144 Å². The summed E-state index contributed by atoms with van der Waals surface area (Å²) in [6.07, 6.45) is 9.23. The predicted molar refractivity (Wildman–Crippen MR) is 262 cm³/mol. The first-order valence-electron chi connectivity index (χ1n) is 24.0. The molecule has 0 spiro atoms. The number of sulfonamides is 1. The molecule has 0 radical (unpaired) electrons. The molecule has 2 aliphatic heterocycles. The minimum absolute atomic E-state index is 0.0231. The monoisotopic (exact) mass is 992 g/mol. The fourth-order valence-electron chi connectivity index (χ4n) is 10.1. The molecule has 5 heterocycles. The van der Waals surface area contributed by atoms with Gasteiger partial charge in [0.05, 0.1) is 24.9 Å². The molecule has 4 fully saturated rings. The molecular formula is C48H64N8O9S3. The van der Waals surface area contributed by atoms with E-state index in [0.29, 0.717) is 59.5 Å². The highest BCUT2D eigenvalue weighted by Crippen LogP contribution is 2.48. The second-order valence-electron chi connectivity index (χ2n) is 19.1. The lowest BCUT2D eigenvalue weighted by atomic mass is 9.84. The number of nitrogens with one attached hydrogen (secondary N) is 4. The molecule has 5 N–H and O–H groups in total. The first kappa shape index (κ1) is 49.4. The van der Waals surface area contributed by atoms with Crippen LogP contribution < -0.4 is 30.7 Å². The average molecular weight is 993 g/mol. The van der Waals surface area contributed by atoms with Crippen LogP contribution in [0, 0.1) is 11.8 Å². The normalized spacial score (nSPS) is 24.6. The maximum absolute atomic E-state index is 15.1. The summed E-state index contributed by atoms with van der Waals surface area (Å²) in [6, 6.07) is 7.40. The summed E-state index contributed by atoms with van der Waals surface area (Å²) in [5, 5.41) is 27.8. The van der Waals surface area contributed by atoms with Crippen molar-refractivity contribution in [1.29, 1.82) is 0 Å². The van der Waals surface area contributed by atoms with Gasteiger partial charge in [-0.1, -0.05) is 57.4 Å². The lowest BCUT2D eigenvalue weighted by Crippen LogP contribution is -2.58. The number of fused-ring (bicyclic) bond motifs is 3. The third kappa shape index (κ3) is 11.2. The molecule has 4 amide bonds. The molecule has 20 heteroatoms. The van der Waals surface area contributed by atoms with E-state index in [1.807, 2.05) is 25.3 Å². The van der Waals surface area contributed by atoms with Crippen molar-refractivity contribution in [2.24, 2.45) is 11.8 Å². The summed E-state index contributed by atoms with van der Waals surface area (Å²) in [5.41, 5.74) is 0.348. The highest BCUT2D eigenvalue weighted by atomic mass is 32.2. The average Bonchev–Trinajstić information content (AvgIpc) is 3.79. The fraction of sp³-hybridized carbons (Fsp3) is 0.583. The Labute approximate surface area is 406 Å². The number of carbonyl (C=O) groups is 4. The number of carboxylic acid groups (broad SMARTS) is 1. The van der Waals surface area contributed by atoms with Gasteiger partial charge in [-0.3, -0.25) is 9.59 Å². The van der Waals surface area contributed by atoms with E-state index in [1.54, 1.807) is 42.8 Å². The number of aromatic nitrogens is 2. The van der Waals surface area contributed by atoms with Gasteiger partial charge in [0.2, 0.25) is 11.8 Å². The van der Waals surface area contributed by atoms with Crippen LogP contribution in [-0.4, -0.2) is 120 Å². The summed E-state index contributed by atoms with van der Waals surface area (Å²) < 4.78 is 40.9. The Morgan fingerprint density at radius 1 is 0.985 bits per heavy atom. The molecule has 2 saturated heterocycles. The Balaban J connectivity index is 1.08. The first-order chi connectivity index (χ1) is 32.6. The van der Waals surface area contributed by atoms with Crippen LogP contribution in [0.4, 0.5) is 9.93 Å². The van der Waals surface area contributed by atoms with Crippen LogP contribution in [0.2, 0.25) is 0 Å². The van der Waals surface area contributed by atoms with Crippen LogP contribution in [0.1, 0.15) is 104 Å². The van der Waals surface area contributed by atoms with Crippen molar-refractivity contribution in [1.82, 2.24) is 35.1 Å². The number of carboxylic acids is 1.